The predicted octanol–water partition coefficient (Wildman–Crippen LogP) is 2.64. The molecule has 3 rings (SSSR count). The molecule has 2 saturated carbocycles. The maximum Gasteiger partial charge on any atom is 0.0277 e. The van der Waals surface area contributed by atoms with E-state index >= 15 is 0 Å². The molecular formula is C15H28N2. The topological polar surface area (TPSA) is 15.3 Å². The van der Waals surface area contributed by atoms with Gasteiger partial charge in [-0.1, -0.05) is 13.3 Å². The van der Waals surface area contributed by atoms with Gasteiger partial charge in [-0.2, -0.15) is 0 Å². The highest BCUT2D eigenvalue weighted by molar-refractivity contribution is 4.98. The van der Waals surface area contributed by atoms with Gasteiger partial charge in [0, 0.05) is 18.1 Å². The largest absolute Gasteiger partial charge is 0.310 e. The van der Waals surface area contributed by atoms with Crippen LogP contribution in [0.1, 0.15) is 52.4 Å². The zero-order chi connectivity index (χ0) is 11.9. The van der Waals surface area contributed by atoms with Crippen LogP contribution in [-0.2, 0) is 0 Å². The Morgan fingerprint density at radius 3 is 2.82 bits per heavy atom. The van der Waals surface area contributed by atoms with E-state index in [1.54, 1.807) is 0 Å². The molecule has 0 aromatic carbocycles. The Labute approximate surface area is 106 Å². The number of nitrogens with one attached hydrogen (secondary N) is 1. The molecule has 0 aromatic rings. The standard InChI is InChI=1S/C15H28N2/c1-3-15(2)11-17(8-4-7-16-15)14-10-12-5-6-13(14)9-12/h12-14,16H,3-11H2,1-2H3. The van der Waals surface area contributed by atoms with Gasteiger partial charge in [-0.3, -0.25) is 4.90 Å². The molecule has 2 aliphatic carbocycles. The van der Waals surface area contributed by atoms with Crippen molar-refractivity contribution < 1.29 is 0 Å². The molecular weight excluding hydrogens is 208 g/mol. The number of fused-ring (bicyclic) bond motifs is 2. The highest BCUT2D eigenvalue weighted by Crippen LogP contribution is 2.47. The van der Waals surface area contributed by atoms with Crippen molar-refractivity contribution >= 4 is 0 Å². The number of hydrogen-bond donors (Lipinski definition) is 1. The number of rotatable bonds is 2. The molecule has 0 aromatic heterocycles. The summed E-state index contributed by atoms with van der Waals surface area (Å²) in [6.07, 6.45) is 8.68. The van der Waals surface area contributed by atoms with Gasteiger partial charge in [0.15, 0.2) is 0 Å². The lowest BCUT2D eigenvalue weighted by atomic mass is 9.91. The summed E-state index contributed by atoms with van der Waals surface area (Å²) in [6.45, 7) is 8.56. The average Bonchev–Trinajstić information content (AvgIpc) is 2.90. The van der Waals surface area contributed by atoms with Gasteiger partial charge in [0.2, 0.25) is 0 Å². The van der Waals surface area contributed by atoms with Crippen LogP contribution in [0.5, 0.6) is 0 Å². The van der Waals surface area contributed by atoms with E-state index in [2.05, 4.69) is 24.1 Å². The van der Waals surface area contributed by atoms with Crippen molar-refractivity contribution in [1.82, 2.24) is 10.2 Å². The maximum absolute atomic E-state index is 3.76. The number of hydrogen-bond acceptors (Lipinski definition) is 2. The maximum atomic E-state index is 3.76. The van der Waals surface area contributed by atoms with E-state index in [9.17, 15) is 0 Å². The molecule has 0 radical (unpaired) electrons. The van der Waals surface area contributed by atoms with Crippen molar-refractivity contribution in [2.45, 2.75) is 64.0 Å². The van der Waals surface area contributed by atoms with Gasteiger partial charge in [0.25, 0.3) is 0 Å². The normalized spacial score (nSPS) is 47.3. The Morgan fingerprint density at radius 1 is 1.29 bits per heavy atom. The fraction of sp³-hybridized carbons (Fsp3) is 1.00. The first-order valence-corrected chi connectivity index (χ1v) is 7.69. The molecule has 0 spiro atoms. The van der Waals surface area contributed by atoms with Gasteiger partial charge in [-0.25, -0.2) is 0 Å². The Hall–Kier alpha value is -0.0800. The molecule has 3 fully saturated rings. The van der Waals surface area contributed by atoms with Crippen molar-refractivity contribution in [3.63, 3.8) is 0 Å². The fourth-order valence-electron chi connectivity index (χ4n) is 4.43. The molecule has 2 bridgehead atoms. The quantitative estimate of drug-likeness (QED) is 0.793. The van der Waals surface area contributed by atoms with Gasteiger partial charge in [0.05, 0.1) is 0 Å². The summed E-state index contributed by atoms with van der Waals surface area (Å²) >= 11 is 0. The van der Waals surface area contributed by atoms with Crippen molar-refractivity contribution in [2.75, 3.05) is 19.6 Å². The van der Waals surface area contributed by atoms with E-state index in [0.29, 0.717) is 5.54 Å². The highest BCUT2D eigenvalue weighted by atomic mass is 15.2. The van der Waals surface area contributed by atoms with Crippen LogP contribution >= 0.6 is 0 Å². The molecule has 3 aliphatic rings. The van der Waals surface area contributed by atoms with Crippen molar-refractivity contribution in [3.05, 3.63) is 0 Å². The zero-order valence-electron chi connectivity index (χ0n) is 11.5. The summed E-state index contributed by atoms with van der Waals surface area (Å²) in [7, 11) is 0. The molecule has 4 atom stereocenters. The summed E-state index contributed by atoms with van der Waals surface area (Å²) in [4.78, 5) is 2.84. The van der Waals surface area contributed by atoms with Crippen LogP contribution in [0.3, 0.4) is 0 Å². The van der Waals surface area contributed by atoms with Gasteiger partial charge in [0.1, 0.15) is 0 Å². The Balaban J connectivity index is 1.69. The van der Waals surface area contributed by atoms with E-state index in [4.69, 9.17) is 0 Å². The Bertz CT molecular complexity index is 278. The number of nitrogens with zero attached hydrogens (tertiary/aromatic N) is 1. The monoisotopic (exact) mass is 236 g/mol. The second-order valence-corrected chi connectivity index (χ2v) is 6.91. The van der Waals surface area contributed by atoms with Gasteiger partial charge >= 0.3 is 0 Å². The SMILES string of the molecule is CCC1(C)CN(C2CC3CCC2C3)CCCN1. The molecule has 0 amide bonds. The van der Waals surface area contributed by atoms with E-state index in [-0.39, 0.29) is 0 Å². The molecule has 17 heavy (non-hydrogen) atoms. The van der Waals surface area contributed by atoms with Crippen LogP contribution in [0, 0.1) is 11.8 Å². The van der Waals surface area contributed by atoms with Crippen molar-refractivity contribution in [2.24, 2.45) is 11.8 Å². The fourth-order valence-corrected chi connectivity index (χ4v) is 4.43. The third-order valence-electron chi connectivity index (χ3n) is 5.68. The highest BCUT2D eigenvalue weighted by Gasteiger charge is 2.43. The first kappa shape index (κ1) is 12.0. The lowest BCUT2D eigenvalue weighted by Crippen LogP contribution is -2.51. The second-order valence-electron chi connectivity index (χ2n) is 6.91. The lowest BCUT2D eigenvalue weighted by molar-refractivity contribution is 0.118. The lowest BCUT2D eigenvalue weighted by Gasteiger charge is -2.39. The van der Waals surface area contributed by atoms with Crippen LogP contribution < -0.4 is 5.32 Å². The smallest absolute Gasteiger partial charge is 0.0277 e. The second kappa shape index (κ2) is 4.55. The molecule has 2 nitrogen and oxygen atoms in total. The average molecular weight is 236 g/mol. The van der Waals surface area contributed by atoms with Gasteiger partial charge in [-0.05, 0) is 64.0 Å². The van der Waals surface area contributed by atoms with Crippen LogP contribution in [0.25, 0.3) is 0 Å². The molecule has 1 aliphatic heterocycles. The first-order chi connectivity index (χ1) is 8.20. The van der Waals surface area contributed by atoms with Crippen molar-refractivity contribution in [3.8, 4) is 0 Å². The minimum atomic E-state index is 0.359. The van der Waals surface area contributed by atoms with Crippen LogP contribution in [0.4, 0.5) is 0 Å². The van der Waals surface area contributed by atoms with Gasteiger partial charge < -0.3 is 5.32 Å². The predicted molar refractivity (Wildman–Crippen MR) is 72.1 cm³/mol. The summed E-state index contributed by atoms with van der Waals surface area (Å²) in [5, 5.41) is 3.76. The third kappa shape index (κ3) is 2.26. The van der Waals surface area contributed by atoms with E-state index in [1.807, 2.05) is 0 Å². The molecule has 1 heterocycles. The Morgan fingerprint density at radius 2 is 2.18 bits per heavy atom. The summed E-state index contributed by atoms with van der Waals surface area (Å²) in [5.41, 5.74) is 0.359. The molecule has 1 saturated heterocycles. The zero-order valence-corrected chi connectivity index (χ0v) is 11.5. The minimum absolute atomic E-state index is 0.359. The van der Waals surface area contributed by atoms with E-state index < -0.39 is 0 Å². The Kier molecular flexibility index (Phi) is 3.20. The summed E-state index contributed by atoms with van der Waals surface area (Å²) in [6, 6.07) is 0.930. The van der Waals surface area contributed by atoms with Crippen molar-refractivity contribution in [1.29, 1.82) is 0 Å². The summed E-state index contributed by atoms with van der Waals surface area (Å²) in [5.74, 6) is 2.12. The summed E-state index contributed by atoms with van der Waals surface area (Å²) < 4.78 is 0. The first-order valence-electron chi connectivity index (χ1n) is 7.69. The van der Waals surface area contributed by atoms with Crippen LogP contribution in [0.15, 0.2) is 0 Å². The van der Waals surface area contributed by atoms with Crippen LogP contribution in [-0.4, -0.2) is 36.1 Å². The van der Waals surface area contributed by atoms with E-state index in [1.165, 1.54) is 58.2 Å². The van der Waals surface area contributed by atoms with Crippen LogP contribution in [0.2, 0.25) is 0 Å². The third-order valence-corrected chi connectivity index (χ3v) is 5.68. The molecule has 2 heteroatoms. The molecule has 98 valence electrons. The molecule has 1 N–H and O–H groups in total. The van der Waals surface area contributed by atoms with E-state index in [0.717, 1.165) is 17.9 Å². The molecule has 4 unspecified atom stereocenters. The minimum Gasteiger partial charge on any atom is -0.310 e. The van der Waals surface area contributed by atoms with Gasteiger partial charge in [-0.15, -0.1) is 0 Å².